The molecule has 0 saturated carbocycles. The second-order valence-corrected chi connectivity index (χ2v) is 8.25. The van der Waals surface area contributed by atoms with Crippen molar-refractivity contribution in [3.8, 4) is 5.75 Å². The van der Waals surface area contributed by atoms with E-state index in [1.807, 2.05) is 67.5 Å². The zero-order valence-corrected chi connectivity index (χ0v) is 19.8. The predicted molar refractivity (Wildman–Crippen MR) is 132 cm³/mol. The zero-order valence-electron chi connectivity index (χ0n) is 19.8. The maximum atomic E-state index is 13.8. The van der Waals surface area contributed by atoms with Crippen LogP contribution in [0.1, 0.15) is 21.5 Å². The van der Waals surface area contributed by atoms with Crippen LogP contribution in [0.2, 0.25) is 0 Å². The Morgan fingerprint density at radius 2 is 1.62 bits per heavy atom. The van der Waals surface area contributed by atoms with Gasteiger partial charge in [-0.15, -0.1) is 0 Å². The maximum Gasteiger partial charge on any atom is 0.258 e. The van der Waals surface area contributed by atoms with Gasteiger partial charge in [-0.2, -0.15) is 0 Å². The molecule has 0 aliphatic rings. The van der Waals surface area contributed by atoms with Gasteiger partial charge in [0.05, 0.1) is 20.1 Å². The van der Waals surface area contributed by atoms with Crippen molar-refractivity contribution in [1.29, 1.82) is 0 Å². The minimum Gasteiger partial charge on any atom is -0.497 e. The average Bonchev–Trinajstić information content (AvgIpc) is 2.83. The number of ether oxygens (including phenoxy) is 1. The molecule has 3 aromatic rings. The molecule has 0 fully saturated rings. The van der Waals surface area contributed by atoms with Gasteiger partial charge in [0.15, 0.2) is 0 Å². The summed E-state index contributed by atoms with van der Waals surface area (Å²) >= 11 is 0. The fourth-order valence-corrected chi connectivity index (χ4v) is 3.43. The number of amides is 2. The molecule has 6 nitrogen and oxygen atoms in total. The van der Waals surface area contributed by atoms with Crippen molar-refractivity contribution in [2.24, 2.45) is 0 Å². The molecule has 0 radical (unpaired) electrons. The van der Waals surface area contributed by atoms with E-state index in [4.69, 9.17) is 4.74 Å². The molecule has 0 aromatic heterocycles. The highest BCUT2D eigenvalue weighted by Crippen LogP contribution is 2.23. The van der Waals surface area contributed by atoms with Crippen LogP contribution in [0.3, 0.4) is 0 Å². The van der Waals surface area contributed by atoms with E-state index in [2.05, 4.69) is 5.32 Å². The summed E-state index contributed by atoms with van der Waals surface area (Å²) in [7, 11) is 5.50. The zero-order chi connectivity index (χ0) is 24.5. The quantitative estimate of drug-likeness (QED) is 0.495. The van der Waals surface area contributed by atoms with Crippen molar-refractivity contribution in [3.63, 3.8) is 0 Å². The van der Waals surface area contributed by atoms with Gasteiger partial charge in [0.2, 0.25) is 5.91 Å². The van der Waals surface area contributed by atoms with Gasteiger partial charge in [-0.1, -0.05) is 30.3 Å². The number of likely N-dealkylation sites (N-methyl/N-ethyl adjacent to an activating group) is 1. The average molecular weight is 464 g/mol. The Bertz CT molecular complexity index is 1100. The normalized spacial score (nSPS) is 10.7. The second-order valence-electron chi connectivity index (χ2n) is 8.25. The van der Waals surface area contributed by atoms with Gasteiger partial charge in [0, 0.05) is 24.3 Å². The largest absolute Gasteiger partial charge is 0.497 e. The fraction of sp³-hybridized carbons (Fsp3) is 0.259. The van der Waals surface area contributed by atoms with Crippen LogP contribution < -0.4 is 15.0 Å². The Balaban J connectivity index is 1.79. The van der Waals surface area contributed by atoms with Crippen LogP contribution in [0.4, 0.5) is 10.1 Å². The molecule has 0 spiro atoms. The van der Waals surface area contributed by atoms with Gasteiger partial charge in [-0.25, -0.2) is 4.39 Å². The molecule has 0 bridgehead atoms. The van der Waals surface area contributed by atoms with Gasteiger partial charge in [-0.05, 0) is 67.7 Å². The first kappa shape index (κ1) is 24.9. The van der Waals surface area contributed by atoms with Crippen LogP contribution in [0.15, 0.2) is 72.8 Å². The summed E-state index contributed by atoms with van der Waals surface area (Å²) in [5.74, 6) is -0.115. The molecular weight excluding hydrogens is 433 g/mol. The smallest absolute Gasteiger partial charge is 0.258 e. The number of nitrogens with zero attached hydrogens (tertiary/aromatic N) is 2. The number of methoxy groups -OCH3 is 1. The van der Waals surface area contributed by atoms with E-state index in [9.17, 15) is 14.0 Å². The Morgan fingerprint density at radius 3 is 2.24 bits per heavy atom. The molecule has 0 aliphatic heterocycles. The summed E-state index contributed by atoms with van der Waals surface area (Å²) in [5, 5.41) is 2.90. The lowest BCUT2D eigenvalue weighted by atomic mass is 10.1. The summed E-state index contributed by atoms with van der Waals surface area (Å²) in [4.78, 5) is 29.1. The van der Waals surface area contributed by atoms with Gasteiger partial charge in [-0.3, -0.25) is 9.59 Å². The van der Waals surface area contributed by atoms with E-state index in [-0.39, 0.29) is 23.8 Å². The molecule has 34 heavy (non-hydrogen) atoms. The van der Waals surface area contributed by atoms with E-state index in [1.54, 1.807) is 18.1 Å². The van der Waals surface area contributed by atoms with Gasteiger partial charge >= 0.3 is 0 Å². The van der Waals surface area contributed by atoms with Crippen molar-refractivity contribution in [1.82, 2.24) is 10.2 Å². The fourth-order valence-electron chi connectivity index (χ4n) is 3.43. The maximum absolute atomic E-state index is 13.8. The van der Waals surface area contributed by atoms with Crippen LogP contribution in [-0.2, 0) is 17.8 Å². The van der Waals surface area contributed by atoms with Crippen molar-refractivity contribution < 1.29 is 18.7 Å². The summed E-state index contributed by atoms with van der Waals surface area (Å²) in [6.07, 6.45) is 0.254. The monoisotopic (exact) mass is 463 g/mol. The summed E-state index contributed by atoms with van der Waals surface area (Å²) < 4.78 is 19.0. The topological polar surface area (TPSA) is 61.9 Å². The third-order valence-corrected chi connectivity index (χ3v) is 5.31. The van der Waals surface area contributed by atoms with E-state index in [1.165, 1.54) is 18.2 Å². The molecule has 2 amide bonds. The Hall–Kier alpha value is -3.71. The Kier molecular flexibility index (Phi) is 8.76. The highest BCUT2D eigenvalue weighted by Gasteiger charge is 2.19. The molecule has 0 aliphatic carbocycles. The van der Waals surface area contributed by atoms with Crippen molar-refractivity contribution in [2.75, 3.05) is 39.2 Å². The number of anilines is 1. The highest BCUT2D eigenvalue weighted by molar-refractivity contribution is 6.06. The number of hydrogen-bond acceptors (Lipinski definition) is 4. The number of rotatable bonds is 10. The molecule has 3 rings (SSSR count). The van der Waals surface area contributed by atoms with E-state index < -0.39 is 5.82 Å². The first-order chi connectivity index (χ1) is 16.4. The van der Waals surface area contributed by atoms with Crippen LogP contribution in [0, 0.1) is 5.82 Å². The molecule has 0 unspecified atom stereocenters. The van der Waals surface area contributed by atoms with E-state index >= 15 is 0 Å². The van der Waals surface area contributed by atoms with Crippen LogP contribution in [0.25, 0.3) is 0 Å². The van der Waals surface area contributed by atoms with Crippen LogP contribution >= 0.6 is 0 Å². The number of halogens is 1. The first-order valence-corrected chi connectivity index (χ1v) is 11.1. The van der Waals surface area contributed by atoms with E-state index in [0.717, 1.165) is 23.4 Å². The van der Waals surface area contributed by atoms with Gasteiger partial charge in [0.1, 0.15) is 11.6 Å². The van der Waals surface area contributed by atoms with E-state index in [0.29, 0.717) is 18.8 Å². The van der Waals surface area contributed by atoms with Gasteiger partial charge in [0.25, 0.3) is 5.91 Å². The molecule has 7 heteroatoms. The lowest BCUT2D eigenvalue weighted by Gasteiger charge is -2.24. The molecule has 0 atom stereocenters. The van der Waals surface area contributed by atoms with Crippen LogP contribution in [0.5, 0.6) is 5.75 Å². The first-order valence-electron chi connectivity index (χ1n) is 11.1. The molecule has 3 aromatic carbocycles. The van der Waals surface area contributed by atoms with Crippen molar-refractivity contribution >= 4 is 17.5 Å². The number of nitrogens with one attached hydrogen (secondary N) is 1. The number of carbonyl (C=O) groups excluding carboxylic acids is 2. The van der Waals surface area contributed by atoms with Gasteiger partial charge < -0.3 is 19.9 Å². The number of carbonyl (C=O) groups is 2. The summed E-state index contributed by atoms with van der Waals surface area (Å²) in [6, 6.07) is 20.4. The molecular formula is C27H30FN3O3. The third kappa shape index (κ3) is 7.15. The predicted octanol–water partition coefficient (Wildman–Crippen LogP) is 3.90. The number of hydrogen-bond donors (Lipinski definition) is 1. The highest BCUT2D eigenvalue weighted by atomic mass is 19.1. The third-order valence-electron chi connectivity index (χ3n) is 5.31. The van der Waals surface area contributed by atoms with Crippen LogP contribution in [-0.4, -0.2) is 51.0 Å². The SMILES string of the molecule is COc1ccc(CN(C(=O)c2cccc(F)c2)c2ccc(CC(=O)NCCN(C)C)cc2)cc1. The van der Waals surface area contributed by atoms with Crippen molar-refractivity contribution in [2.45, 2.75) is 13.0 Å². The van der Waals surface area contributed by atoms with Crippen molar-refractivity contribution in [3.05, 3.63) is 95.3 Å². The lowest BCUT2D eigenvalue weighted by molar-refractivity contribution is -0.120. The number of benzene rings is 3. The standard InChI is InChI=1S/C27H30FN3O3/c1-30(2)16-15-29-26(32)17-20-7-11-24(12-8-20)31(19-21-9-13-25(34-3)14-10-21)27(33)22-5-4-6-23(28)18-22/h4-14,18H,15-17,19H2,1-3H3,(H,29,32). The molecule has 178 valence electrons. The molecule has 0 saturated heterocycles. The minimum atomic E-state index is -0.467. The lowest BCUT2D eigenvalue weighted by Crippen LogP contribution is -2.32. The Morgan fingerprint density at radius 1 is 0.941 bits per heavy atom. The molecule has 1 N–H and O–H groups in total. The second kappa shape index (κ2) is 12.0. The summed E-state index contributed by atoms with van der Waals surface area (Å²) in [6.45, 7) is 1.65. The Labute approximate surface area is 200 Å². The minimum absolute atomic E-state index is 0.0551. The molecule has 0 heterocycles. The summed E-state index contributed by atoms with van der Waals surface area (Å²) in [5.41, 5.74) is 2.66.